The highest BCUT2D eigenvalue weighted by Crippen LogP contribution is 2.44. The average Bonchev–Trinajstić information content (AvgIpc) is 3.72. The second-order valence-corrected chi connectivity index (χ2v) is 12.3. The fourth-order valence-electron chi connectivity index (χ4n) is 6.26. The van der Waals surface area contributed by atoms with Gasteiger partial charge in [0.15, 0.2) is 0 Å². The summed E-state index contributed by atoms with van der Waals surface area (Å²) in [6, 6.07) is -0.794. The molecule has 3 unspecified atom stereocenters. The number of aromatic carboxylic acids is 1. The van der Waals surface area contributed by atoms with Crippen LogP contribution in [0.1, 0.15) is 61.8 Å². The van der Waals surface area contributed by atoms with Crippen molar-refractivity contribution in [3.8, 4) is 0 Å². The topological polar surface area (TPSA) is 173 Å². The second kappa shape index (κ2) is 12.6. The van der Waals surface area contributed by atoms with Crippen LogP contribution in [-0.4, -0.2) is 65.2 Å². The zero-order valence-electron chi connectivity index (χ0n) is 24.0. The van der Waals surface area contributed by atoms with E-state index in [0.717, 1.165) is 38.2 Å². The minimum Gasteiger partial charge on any atom is -0.477 e. The molecule has 2 heterocycles. The van der Waals surface area contributed by atoms with Gasteiger partial charge in [0.2, 0.25) is 17.2 Å². The number of carboxylic acids is 1. The Bertz CT molecular complexity index is 1520. The number of anilines is 1. The highest BCUT2D eigenvalue weighted by Gasteiger charge is 2.41. The first-order chi connectivity index (χ1) is 20.5. The molecule has 11 nitrogen and oxygen atoms in total. The van der Waals surface area contributed by atoms with Crippen LogP contribution in [0.25, 0.3) is 10.9 Å². The van der Waals surface area contributed by atoms with Crippen molar-refractivity contribution in [1.29, 1.82) is 0 Å². The number of rotatable bonds is 11. The van der Waals surface area contributed by atoms with Crippen LogP contribution in [0.4, 0.5) is 10.1 Å². The van der Waals surface area contributed by atoms with E-state index >= 15 is 4.39 Å². The molecule has 0 spiro atoms. The number of unbranched alkanes of at least 4 members (excludes halogenated alkanes) is 1. The summed E-state index contributed by atoms with van der Waals surface area (Å²) in [6.45, 7) is 3.00. The Morgan fingerprint density at radius 1 is 1.21 bits per heavy atom. The van der Waals surface area contributed by atoms with E-state index in [1.807, 2.05) is 17.1 Å². The largest absolute Gasteiger partial charge is 0.477 e. The number of carboxylic acid groups (broad SMARTS) is 1. The first-order valence-electron chi connectivity index (χ1n) is 14.8. The lowest BCUT2D eigenvalue weighted by Crippen LogP contribution is -2.53. The first kappa shape index (κ1) is 31.0. The van der Waals surface area contributed by atoms with E-state index in [4.69, 9.17) is 23.1 Å². The highest BCUT2D eigenvalue weighted by molar-refractivity contribution is 6.38. The number of nitrogens with one attached hydrogen (secondary N) is 2. The Balaban J connectivity index is 1.33. The minimum absolute atomic E-state index is 0.00932. The lowest BCUT2D eigenvalue weighted by molar-refractivity contribution is -0.129. The molecule has 1 aromatic carbocycles. The lowest BCUT2D eigenvalue weighted by atomic mass is 9.82. The number of pyridine rings is 1. The molecule has 3 aliphatic rings. The van der Waals surface area contributed by atoms with Gasteiger partial charge in [-0.3, -0.25) is 14.4 Å². The number of carbonyl (C=O) groups excluding carboxylic acids is 2. The molecular weight excluding hydrogens is 579 g/mol. The van der Waals surface area contributed by atoms with Crippen molar-refractivity contribution in [3.05, 3.63) is 51.0 Å². The maximum atomic E-state index is 15.7. The molecule has 1 saturated carbocycles. The van der Waals surface area contributed by atoms with Crippen molar-refractivity contribution in [3.63, 3.8) is 0 Å². The maximum Gasteiger partial charge on any atom is 0.341 e. The van der Waals surface area contributed by atoms with Crippen LogP contribution in [0, 0.1) is 17.7 Å². The summed E-state index contributed by atoms with van der Waals surface area (Å²) in [6.07, 6.45) is 9.54. The van der Waals surface area contributed by atoms with Crippen LogP contribution in [-0.2, 0) is 9.59 Å². The zero-order valence-corrected chi connectivity index (χ0v) is 24.8. The molecule has 0 radical (unpaired) electrons. The third-order valence-electron chi connectivity index (χ3n) is 8.77. The van der Waals surface area contributed by atoms with Crippen molar-refractivity contribution >= 4 is 46.0 Å². The molecule has 0 bridgehead atoms. The van der Waals surface area contributed by atoms with Crippen LogP contribution in [0.5, 0.6) is 0 Å². The van der Waals surface area contributed by atoms with Gasteiger partial charge in [0.05, 0.1) is 33.7 Å². The van der Waals surface area contributed by atoms with E-state index in [2.05, 4.69) is 10.6 Å². The predicted molar refractivity (Wildman–Crippen MR) is 162 cm³/mol. The van der Waals surface area contributed by atoms with E-state index in [-0.39, 0.29) is 45.9 Å². The summed E-state index contributed by atoms with van der Waals surface area (Å²) < 4.78 is 17.4. The molecule has 2 aromatic rings. The summed E-state index contributed by atoms with van der Waals surface area (Å²) in [5.74, 6) is -2.78. The quantitative estimate of drug-likeness (QED) is 0.189. The lowest BCUT2D eigenvalue weighted by Gasteiger charge is -2.30. The number of fused-ring (bicyclic) bond motifs is 2. The highest BCUT2D eigenvalue weighted by atomic mass is 35.5. The van der Waals surface area contributed by atoms with Crippen LogP contribution < -0.4 is 32.4 Å². The van der Waals surface area contributed by atoms with Gasteiger partial charge in [0.1, 0.15) is 17.4 Å². The Kier molecular flexibility index (Phi) is 9.10. The number of benzene rings is 1. The second-order valence-electron chi connectivity index (χ2n) is 11.9. The molecular formula is C30H38ClFN6O5. The average molecular weight is 617 g/mol. The van der Waals surface area contributed by atoms with Crippen LogP contribution >= 0.6 is 11.6 Å². The smallest absolute Gasteiger partial charge is 0.341 e. The van der Waals surface area contributed by atoms with Crippen molar-refractivity contribution in [2.45, 2.75) is 69.6 Å². The Morgan fingerprint density at radius 2 is 1.95 bits per heavy atom. The van der Waals surface area contributed by atoms with E-state index in [0.29, 0.717) is 31.6 Å². The standard InChI is InChI=1S/C30H38ClFN6O5/c1-15(35-29(41)22(34)6-2-3-10-33)28(40)36-23-7-4-5-16-12-37(13-19(16)23)26-21(32)11-18-25(24(26)31)38(17-8-9-17)14-20(27(18)39)30(42)43/h4,7,11,14-17,19,22-23H,2-3,5-6,8-10,12-13,33-34H2,1H3,(H,35,41)(H,36,40)(H,42,43)/t15-,16?,19?,22+,23?/m1/s1. The number of halogens is 2. The fraction of sp³-hybridized carbons (Fsp3) is 0.533. The van der Waals surface area contributed by atoms with Crippen LogP contribution in [0.3, 0.4) is 0 Å². The molecule has 1 saturated heterocycles. The van der Waals surface area contributed by atoms with Gasteiger partial charge in [0.25, 0.3) is 0 Å². The third kappa shape index (κ3) is 6.27. The fourth-order valence-corrected chi connectivity index (χ4v) is 6.67. The van der Waals surface area contributed by atoms with Crippen molar-refractivity contribution in [2.24, 2.45) is 23.3 Å². The molecule has 5 rings (SSSR count). The Morgan fingerprint density at radius 3 is 2.63 bits per heavy atom. The van der Waals surface area contributed by atoms with Crippen molar-refractivity contribution in [2.75, 3.05) is 24.5 Å². The van der Waals surface area contributed by atoms with Crippen LogP contribution in [0.2, 0.25) is 5.02 Å². The Labute approximate surface area is 253 Å². The van der Waals surface area contributed by atoms with E-state index in [1.54, 1.807) is 11.5 Å². The first-order valence-corrected chi connectivity index (χ1v) is 15.2. The number of nitrogens with two attached hydrogens (primary N) is 2. The summed E-state index contributed by atoms with van der Waals surface area (Å²) in [7, 11) is 0. The monoisotopic (exact) mass is 616 g/mol. The minimum atomic E-state index is -1.37. The Hall–Kier alpha value is -3.48. The molecule has 13 heteroatoms. The molecule has 1 aromatic heterocycles. The zero-order chi connectivity index (χ0) is 31.0. The van der Waals surface area contributed by atoms with Gasteiger partial charge in [-0.1, -0.05) is 30.2 Å². The summed E-state index contributed by atoms with van der Waals surface area (Å²) >= 11 is 6.85. The summed E-state index contributed by atoms with van der Waals surface area (Å²) in [5.41, 5.74) is 10.8. The third-order valence-corrected chi connectivity index (χ3v) is 9.13. The number of aromatic nitrogens is 1. The van der Waals surface area contributed by atoms with Gasteiger partial charge in [-0.25, -0.2) is 9.18 Å². The normalized spacial score (nSPS) is 22.7. The molecule has 7 N–H and O–H groups in total. The van der Waals surface area contributed by atoms with Crippen molar-refractivity contribution in [1.82, 2.24) is 15.2 Å². The molecule has 1 aliphatic heterocycles. The number of hydrogen-bond acceptors (Lipinski definition) is 7. The number of carbonyl (C=O) groups is 3. The van der Waals surface area contributed by atoms with E-state index in [1.165, 1.54) is 6.20 Å². The van der Waals surface area contributed by atoms with Gasteiger partial charge < -0.3 is 36.7 Å². The van der Waals surface area contributed by atoms with Gasteiger partial charge in [-0.05, 0) is 57.6 Å². The van der Waals surface area contributed by atoms with Gasteiger partial charge >= 0.3 is 5.97 Å². The molecule has 2 aliphatic carbocycles. The van der Waals surface area contributed by atoms with Crippen LogP contribution in [0.15, 0.2) is 29.2 Å². The van der Waals surface area contributed by atoms with Crippen molar-refractivity contribution < 1.29 is 23.9 Å². The van der Waals surface area contributed by atoms with Gasteiger partial charge in [-0.2, -0.15) is 0 Å². The molecule has 232 valence electrons. The van der Waals surface area contributed by atoms with Gasteiger partial charge in [0, 0.05) is 31.2 Å². The number of allylic oxidation sites excluding steroid dienone is 1. The van der Waals surface area contributed by atoms with Gasteiger partial charge in [-0.15, -0.1) is 0 Å². The number of hydrogen-bond donors (Lipinski definition) is 5. The SMILES string of the molecule is C[C@@H](NC(=O)[C@@H](N)CCCCN)C(=O)NC1C=CCC2CN(c3c(F)cc4c(=O)c(C(=O)O)cn(C5CC5)c4c3Cl)CC21. The van der Waals surface area contributed by atoms with E-state index < -0.39 is 40.8 Å². The summed E-state index contributed by atoms with van der Waals surface area (Å²) in [5, 5.41) is 15.3. The summed E-state index contributed by atoms with van der Waals surface area (Å²) in [4.78, 5) is 52.0. The molecule has 43 heavy (non-hydrogen) atoms. The predicted octanol–water partition coefficient (Wildman–Crippen LogP) is 2.29. The number of amides is 2. The molecule has 2 fully saturated rings. The maximum absolute atomic E-state index is 15.7. The van der Waals surface area contributed by atoms with E-state index in [9.17, 15) is 24.3 Å². The molecule has 2 amide bonds. The number of nitrogens with zero attached hydrogens (tertiary/aromatic N) is 2. The molecule has 5 atom stereocenters.